The van der Waals surface area contributed by atoms with Crippen molar-refractivity contribution in [3.8, 4) is 0 Å². The number of benzene rings is 2. The van der Waals surface area contributed by atoms with E-state index in [4.69, 9.17) is 10.5 Å². The number of nitrogens with zero attached hydrogens (tertiary/aromatic N) is 1. The lowest BCUT2D eigenvalue weighted by Crippen LogP contribution is -2.37. The quantitative estimate of drug-likeness (QED) is 0.690. The number of carbonyl (C=O) groups is 1. The molecule has 1 heterocycles. The van der Waals surface area contributed by atoms with Crippen molar-refractivity contribution in [3.05, 3.63) is 59.7 Å². The topological polar surface area (TPSA) is 55.6 Å². The van der Waals surface area contributed by atoms with Crippen LogP contribution in [0.4, 0.5) is 11.4 Å². The fourth-order valence-electron chi connectivity index (χ4n) is 3.24. The van der Waals surface area contributed by atoms with E-state index in [2.05, 4.69) is 17.9 Å². The van der Waals surface area contributed by atoms with Gasteiger partial charge in [0.15, 0.2) is 0 Å². The standard InChI is InChI=1S/C20H24N2O2/c1-15-13-18(21)7-8-19(15)22-11-9-17(10-12-22)20(23)24-14-16-5-3-2-4-6-16/h2-8,13,17H,9-12,14,21H2,1H3. The second-order valence-electron chi connectivity index (χ2n) is 6.40. The minimum Gasteiger partial charge on any atom is -0.461 e. The predicted octanol–water partition coefficient (Wildman–Crippen LogP) is 3.54. The molecule has 0 bridgehead atoms. The highest BCUT2D eigenvalue weighted by molar-refractivity contribution is 5.73. The normalized spacial score (nSPS) is 15.3. The lowest BCUT2D eigenvalue weighted by atomic mass is 9.96. The number of ether oxygens (including phenoxy) is 1. The van der Waals surface area contributed by atoms with Crippen LogP contribution in [-0.4, -0.2) is 19.1 Å². The Morgan fingerprint density at radius 3 is 2.54 bits per heavy atom. The van der Waals surface area contributed by atoms with Crippen LogP contribution in [-0.2, 0) is 16.1 Å². The molecule has 0 radical (unpaired) electrons. The molecule has 0 aliphatic carbocycles. The van der Waals surface area contributed by atoms with Gasteiger partial charge in [0.1, 0.15) is 6.61 Å². The molecule has 1 fully saturated rings. The summed E-state index contributed by atoms with van der Waals surface area (Å²) >= 11 is 0. The number of piperidine rings is 1. The first kappa shape index (κ1) is 16.4. The third kappa shape index (κ3) is 3.88. The van der Waals surface area contributed by atoms with Crippen molar-refractivity contribution in [1.29, 1.82) is 0 Å². The summed E-state index contributed by atoms with van der Waals surface area (Å²) in [5, 5.41) is 0. The predicted molar refractivity (Wildman–Crippen MR) is 96.8 cm³/mol. The number of anilines is 2. The summed E-state index contributed by atoms with van der Waals surface area (Å²) in [7, 11) is 0. The Balaban J connectivity index is 1.52. The van der Waals surface area contributed by atoms with Gasteiger partial charge in [-0.15, -0.1) is 0 Å². The Kier molecular flexibility index (Phi) is 5.04. The molecule has 0 amide bonds. The molecule has 0 unspecified atom stereocenters. The molecular weight excluding hydrogens is 300 g/mol. The highest BCUT2D eigenvalue weighted by Gasteiger charge is 2.26. The SMILES string of the molecule is Cc1cc(N)ccc1N1CCC(C(=O)OCc2ccccc2)CC1. The van der Waals surface area contributed by atoms with Crippen LogP contribution in [0.1, 0.15) is 24.0 Å². The van der Waals surface area contributed by atoms with E-state index >= 15 is 0 Å². The zero-order chi connectivity index (χ0) is 16.9. The smallest absolute Gasteiger partial charge is 0.309 e. The van der Waals surface area contributed by atoms with Gasteiger partial charge < -0.3 is 15.4 Å². The van der Waals surface area contributed by atoms with E-state index in [0.29, 0.717) is 6.61 Å². The summed E-state index contributed by atoms with van der Waals surface area (Å²) in [4.78, 5) is 14.6. The largest absolute Gasteiger partial charge is 0.461 e. The Labute approximate surface area is 143 Å². The average Bonchev–Trinajstić information content (AvgIpc) is 2.61. The van der Waals surface area contributed by atoms with Crippen LogP contribution in [0, 0.1) is 12.8 Å². The van der Waals surface area contributed by atoms with Gasteiger partial charge in [0.05, 0.1) is 5.92 Å². The van der Waals surface area contributed by atoms with Crippen molar-refractivity contribution in [2.45, 2.75) is 26.4 Å². The van der Waals surface area contributed by atoms with Crippen molar-refractivity contribution in [1.82, 2.24) is 0 Å². The number of hydrogen-bond donors (Lipinski definition) is 1. The molecule has 126 valence electrons. The molecule has 2 N–H and O–H groups in total. The Bertz CT molecular complexity index is 692. The maximum atomic E-state index is 12.3. The third-order valence-corrected chi connectivity index (χ3v) is 4.61. The summed E-state index contributed by atoms with van der Waals surface area (Å²) in [5.41, 5.74) is 10.0. The van der Waals surface area contributed by atoms with Gasteiger partial charge in [-0.3, -0.25) is 4.79 Å². The van der Waals surface area contributed by atoms with E-state index in [1.165, 1.54) is 11.3 Å². The maximum absolute atomic E-state index is 12.3. The van der Waals surface area contributed by atoms with Gasteiger partial charge in [-0.2, -0.15) is 0 Å². The number of rotatable bonds is 4. The van der Waals surface area contributed by atoms with Crippen LogP contribution in [0.15, 0.2) is 48.5 Å². The van der Waals surface area contributed by atoms with Crippen LogP contribution < -0.4 is 10.6 Å². The summed E-state index contributed by atoms with van der Waals surface area (Å²) in [5.74, 6) is -0.0772. The van der Waals surface area contributed by atoms with Crippen molar-refractivity contribution >= 4 is 17.3 Å². The highest BCUT2D eigenvalue weighted by atomic mass is 16.5. The first-order chi connectivity index (χ1) is 11.6. The summed E-state index contributed by atoms with van der Waals surface area (Å²) in [6, 6.07) is 15.8. The molecule has 3 rings (SSSR count). The molecule has 4 heteroatoms. The molecular formula is C20H24N2O2. The number of hydrogen-bond acceptors (Lipinski definition) is 4. The molecule has 1 aliphatic heterocycles. The Morgan fingerprint density at radius 2 is 1.88 bits per heavy atom. The van der Waals surface area contributed by atoms with E-state index < -0.39 is 0 Å². The van der Waals surface area contributed by atoms with Crippen molar-refractivity contribution in [3.63, 3.8) is 0 Å². The lowest BCUT2D eigenvalue weighted by molar-refractivity contribution is -0.150. The van der Waals surface area contributed by atoms with E-state index in [1.807, 2.05) is 42.5 Å². The van der Waals surface area contributed by atoms with Gasteiger partial charge in [-0.05, 0) is 49.1 Å². The van der Waals surface area contributed by atoms with E-state index in [9.17, 15) is 4.79 Å². The molecule has 1 saturated heterocycles. The molecule has 0 aromatic heterocycles. The van der Waals surface area contributed by atoms with Gasteiger partial charge in [-0.25, -0.2) is 0 Å². The maximum Gasteiger partial charge on any atom is 0.309 e. The third-order valence-electron chi connectivity index (χ3n) is 4.61. The fraction of sp³-hybridized carbons (Fsp3) is 0.350. The molecule has 24 heavy (non-hydrogen) atoms. The number of esters is 1. The van der Waals surface area contributed by atoms with Crippen LogP contribution in [0.5, 0.6) is 0 Å². The van der Waals surface area contributed by atoms with E-state index in [1.54, 1.807) is 0 Å². The summed E-state index contributed by atoms with van der Waals surface area (Å²) in [6.45, 7) is 4.18. The monoisotopic (exact) mass is 324 g/mol. The van der Waals surface area contributed by atoms with Gasteiger partial charge in [0, 0.05) is 24.5 Å². The van der Waals surface area contributed by atoms with Crippen LogP contribution in [0.3, 0.4) is 0 Å². The van der Waals surface area contributed by atoms with Gasteiger partial charge in [0.25, 0.3) is 0 Å². The molecule has 2 aromatic carbocycles. The molecule has 4 nitrogen and oxygen atoms in total. The molecule has 1 aliphatic rings. The zero-order valence-electron chi connectivity index (χ0n) is 14.1. The van der Waals surface area contributed by atoms with Crippen molar-refractivity contribution < 1.29 is 9.53 Å². The van der Waals surface area contributed by atoms with Gasteiger partial charge in [0.2, 0.25) is 0 Å². The van der Waals surface area contributed by atoms with Gasteiger partial charge >= 0.3 is 5.97 Å². The molecule has 2 aromatic rings. The van der Waals surface area contributed by atoms with Crippen LogP contribution in [0.2, 0.25) is 0 Å². The summed E-state index contributed by atoms with van der Waals surface area (Å²) in [6.07, 6.45) is 1.66. The number of aryl methyl sites for hydroxylation is 1. The minimum absolute atomic E-state index is 0.000880. The van der Waals surface area contributed by atoms with E-state index in [-0.39, 0.29) is 11.9 Å². The molecule has 0 spiro atoms. The second kappa shape index (κ2) is 7.39. The lowest BCUT2D eigenvalue weighted by Gasteiger charge is -2.33. The van der Waals surface area contributed by atoms with Crippen molar-refractivity contribution in [2.24, 2.45) is 5.92 Å². The van der Waals surface area contributed by atoms with Crippen molar-refractivity contribution in [2.75, 3.05) is 23.7 Å². The molecule has 0 atom stereocenters. The number of nitrogens with two attached hydrogens (primary N) is 1. The van der Waals surface area contributed by atoms with Gasteiger partial charge in [-0.1, -0.05) is 30.3 Å². The average molecular weight is 324 g/mol. The highest BCUT2D eigenvalue weighted by Crippen LogP contribution is 2.28. The number of nitrogen functional groups attached to an aromatic ring is 1. The first-order valence-electron chi connectivity index (χ1n) is 8.45. The summed E-state index contributed by atoms with van der Waals surface area (Å²) < 4.78 is 5.47. The fourth-order valence-corrected chi connectivity index (χ4v) is 3.24. The van der Waals surface area contributed by atoms with E-state index in [0.717, 1.165) is 37.2 Å². The Hall–Kier alpha value is -2.49. The number of carbonyl (C=O) groups excluding carboxylic acids is 1. The van der Waals surface area contributed by atoms with Crippen LogP contribution in [0.25, 0.3) is 0 Å². The second-order valence-corrected chi connectivity index (χ2v) is 6.40. The minimum atomic E-state index is -0.0764. The molecule has 0 saturated carbocycles. The van der Waals surface area contributed by atoms with Crippen LogP contribution >= 0.6 is 0 Å². The Morgan fingerprint density at radius 1 is 1.17 bits per heavy atom. The first-order valence-corrected chi connectivity index (χ1v) is 8.45. The zero-order valence-corrected chi connectivity index (χ0v) is 14.1.